The van der Waals surface area contributed by atoms with E-state index in [1.807, 2.05) is 31.4 Å². The van der Waals surface area contributed by atoms with Crippen molar-refractivity contribution in [1.82, 2.24) is 19.5 Å². The highest BCUT2D eigenvalue weighted by atomic mass is 32.2. The van der Waals surface area contributed by atoms with Crippen molar-refractivity contribution in [2.45, 2.75) is 11.3 Å². The number of nitrogens with one attached hydrogen (secondary N) is 1. The molecule has 1 N–H and O–H groups in total. The van der Waals surface area contributed by atoms with Crippen LogP contribution in [0.5, 0.6) is 5.75 Å². The Balaban J connectivity index is 1.83. The molecule has 136 valence electrons. The van der Waals surface area contributed by atoms with Crippen LogP contribution in [0.1, 0.15) is 5.56 Å². The fourth-order valence-corrected chi connectivity index (χ4v) is 3.81. The summed E-state index contributed by atoms with van der Waals surface area (Å²) in [7, 11) is -0.457. The fraction of sp³-hybridized carbons (Fsp3) is 0.222. The first-order valence-electron chi connectivity index (χ1n) is 8.05. The SMILES string of the molecule is COc1ccc(-c2cnn(C)c2)cc1S(=O)(=O)NCCc1cccnc1. The number of hydrogen-bond donors (Lipinski definition) is 1. The molecule has 0 aliphatic heterocycles. The predicted octanol–water partition coefficient (Wildman–Crippen LogP) is 2.01. The van der Waals surface area contributed by atoms with Crippen molar-refractivity contribution in [3.05, 3.63) is 60.7 Å². The van der Waals surface area contributed by atoms with Gasteiger partial charge in [-0.05, 0) is 35.7 Å². The van der Waals surface area contributed by atoms with Gasteiger partial charge in [0.25, 0.3) is 0 Å². The van der Waals surface area contributed by atoms with Crippen molar-refractivity contribution < 1.29 is 13.2 Å². The van der Waals surface area contributed by atoms with Crippen molar-refractivity contribution in [2.75, 3.05) is 13.7 Å². The maximum atomic E-state index is 12.8. The van der Waals surface area contributed by atoms with E-state index in [4.69, 9.17) is 4.74 Å². The predicted molar refractivity (Wildman–Crippen MR) is 98.3 cm³/mol. The van der Waals surface area contributed by atoms with Crippen molar-refractivity contribution in [2.24, 2.45) is 7.05 Å². The Morgan fingerprint density at radius 3 is 2.69 bits per heavy atom. The molecular formula is C18H20N4O3S. The summed E-state index contributed by atoms with van der Waals surface area (Å²) in [4.78, 5) is 4.13. The molecule has 0 aliphatic carbocycles. The van der Waals surface area contributed by atoms with Crippen LogP contribution in [0.3, 0.4) is 0 Å². The number of nitrogens with zero attached hydrogens (tertiary/aromatic N) is 3. The topological polar surface area (TPSA) is 86.1 Å². The van der Waals surface area contributed by atoms with Gasteiger partial charge in [-0.3, -0.25) is 9.67 Å². The lowest BCUT2D eigenvalue weighted by Gasteiger charge is -2.12. The Labute approximate surface area is 152 Å². The number of sulfonamides is 1. The van der Waals surface area contributed by atoms with Gasteiger partial charge in [0, 0.05) is 37.7 Å². The van der Waals surface area contributed by atoms with E-state index < -0.39 is 10.0 Å². The van der Waals surface area contributed by atoms with E-state index in [-0.39, 0.29) is 11.4 Å². The number of aromatic nitrogens is 3. The minimum atomic E-state index is -3.72. The average Bonchev–Trinajstić information content (AvgIpc) is 3.08. The van der Waals surface area contributed by atoms with Gasteiger partial charge >= 0.3 is 0 Å². The van der Waals surface area contributed by atoms with E-state index in [9.17, 15) is 8.42 Å². The van der Waals surface area contributed by atoms with Crippen molar-refractivity contribution in [1.29, 1.82) is 0 Å². The summed E-state index contributed by atoms with van der Waals surface area (Å²) < 4.78 is 35.1. The highest BCUT2D eigenvalue weighted by Gasteiger charge is 2.20. The fourth-order valence-electron chi connectivity index (χ4n) is 2.59. The second kappa shape index (κ2) is 7.67. The molecule has 26 heavy (non-hydrogen) atoms. The van der Waals surface area contributed by atoms with Gasteiger partial charge in [-0.15, -0.1) is 0 Å². The molecule has 1 aromatic carbocycles. The van der Waals surface area contributed by atoms with Gasteiger partial charge in [0.15, 0.2) is 0 Å². The molecule has 0 fully saturated rings. The van der Waals surface area contributed by atoms with Crippen molar-refractivity contribution in [3.8, 4) is 16.9 Å². The molecule has 0 amide bonds. The first-order chi connectivity index (χ1) is 12.5. The highest BCUT2D eigenvalue weighted by Crippen LogP contribution is 2.29. The Bertz CT molecular complexity index is 985. The summed E-state index contributed by atoms with van der Waals surface area (Å²) in [6.45, 7) is 0.272. The van der Waals surface area contributed by atoms with Crippen LogP contribution in [0.15, 0.2) is 60.0 Å². The monoisotopic (exact) mass is 372 g/mol. The van der Waals surface area contributed by atoms with Gasteiger partial charge in [0.05, 0.1) is 13.3 Å². The first kappa shape index (κ1) is 18.1. The molecule has 0 saturated heterocycles. The summed E-state index contributed by atoms with van der Waals surface area (Å²) in [5.41, 5.74) is 2.56. The molecule has 0 bridgehead atoms. The van der Waals surface area contributed by atoms with Gasteiger partial charge in [-0.25, -0.2) is 13.1 Å². The first-order valence-corrected chi connectivity index (χ1v) is 9.53. The number of ether oxygens (including phenoxy) is 1. The number of rotatable bonds is 7. The Hall–Kier alpha value is -2.71. The van der Waals surface area contributed by atoms with Gasteiger partial charge < -0.3 is 4.74 Å². The Morgan fingerprint density at radius 2 is 2.04 bits per heavy atom. The average molecular weight is 372 g/mol. The van der Waals surface area contributed by atoms with E-state index in [1.165, 1.54) is 7.11 Å². The molecule has 0 atom stereocenters. The largest absolute Gasteiger partial charge is 0.495 e. The molecule has 0 aliphatic rings. The van der Waals surface area contributed by atoms with E-state index in [2.05, 4.69) is 14.8 Å². The molecule has 2 aromatic heterocycles. The minimum absolute atomic E-state index is 0.104. The second-order valence-electron chi connectivity index (χ2n) is 5.78. The van der Waals surface area contributed by atoms with Crippen molar-refractivity contribution >= 4 is 10.0 Å². The minimum Gasteiger partial charge on any atom is -0.495 e. The zero-order valence-electron chi connectivity index (χ0n) is 14.6. The van der Waals surface area contributed by atoms with Crippen LogP contribution in [0.2, 0.25) is 0 Å². The third-order valence-electron chi connectivity index (χ3n) is 3.92. The zero-order chi connectivity index (χ0) is 18.6. The molecule has 0 unspecified atom stereocenters. The molecule has 0 spiro atoms. The Morgan fingerprint density at radius 1 is 1.19 bits per heavy atom. The molecule has 0 radical (unpaired) electrons. The van der Waals surface area contributed by atoms with Crippen LogP contribution < -0.4 is 9.46 Å². The number of hydrogen-bond acceptors (Lipinski definition) is 5. The summed E-state index contributed by atoms with van der Waals surface area (Å²) in [5, 5.41) is 4.13. The smallest absolute Gasteiger partial charge is 0.244 e. The van der Waals surface area contributed by atoms with E-state index >= 15 is 0 Å². The molecule has 0 saturated carbocycles. The number of pyridine rings is 1. The van der Waals surface area contributed by atoms with Gasteiger partial charge in [0.2, 0.25) is 10.0 Å². The quantitative estimate of drug-likeness (QED) is 0.686. The molecule has 8 heteroatoms. The summed E-state index contributed by atoms with van der Waals surface area (Å²) >= 11 is 0. The van der Waals surface area contributed by atoms with Crippen LogP contribution in [-0.4, -0.2) is 36.8 Å². The van der Waals surface area contributed by atoms with Crippen LogP contribution >= 0.6 is 0 Å². The van der Waals surface area contributed by atoms with E-state index in [0.717, 1.165) is 16.7 Å². The number of aryl methyl sites for hydroxylation is 1. The lowest BCUT2D eigenvalue weighted by Crippen LogP contribution is -2.26. The maximum absolute atomic E-state index is 12.8. The molecule has 2 heterocycles. The number of methoxy groups -OCH3 is 1. The van der Waals surface area contributed by atoms with Gasteiger partial charge in [0.1, 0.15) is 10.6 Å². The zero-order valence-corrected chi connectivity index (χ0v) is 15.4. The lowest BCUT2D eigenvalue weighted by atomic mass is 10.1. The highest BCUT2D eigenvalue weighted by molar-refractivity contribution is 7.89. The third-order valence-corrected chi connectivity index (χ3v) is 5.40. The van der Waals surface area contributed by atoms with Crippen LogP contribution in [0, 0.1) is 0 Å². The van der Waals surface area contributed by atoms with Crippen molar-refractivity contribution in [3.63, 3.8) is 0 Å². The molecule has 3 rings (SSSR count). The normalized spacial score (nSPS) is 11.5. The van der Waals surface area contributed by atoms with Crippen LogP contribution in [0.25, 0.3) is 11.1 Å². The lowest BCUT2D eigenvalue weighted by molar-refractivity contribution is 0.402. The molecule has 7 nitrogen and oxygen atoms in total. The Kier molecular flexibility index (Phi) is 5.34. The molecule has 3 aromatic rings. The molecular weight excluding hydrogens is 352 g/mol. The summed E-state index contributed by atoms with van der Waals surface area (Å²) in [6.07, 6.45) is 7.47. The maximum Gasteiger partial charge on any atom is 0.244 e. The van der Waals surface area contributed by atoms with Crippen LogP contribution in [0.4, 0.5) is 0 Å². The summed E-state index contributed by atoms with van der Waals surface area (Å²) in [6, 6.07) is 8.79. The summed E-state index contributed by atoms with van der Waals surface area (Å²) in [5.74, 6) is 0.298. The second-order valence-corrected chi connectivity index (χ2v) is 7.51. The standard InChI is InChI=1S/C18H20N4O3S/c1-22-13-16(12-20-22)15-5-6-17(25-2)18(10-15)26(23,24)21-9-7-14-4-3-8-19-11-14/h3-6,8,10-13,21H,7,9H2,1-2H3. The van der Waals surface area contributed by atoms with Gasteiger partial charge in [-0.1, -0.05) is 12.1 Å². The van der Waals surface area contributed by atoms with E-state index in [1.54, 1.807) is 35.4 Å². The van der Waals surface area contributed by atoms with E-state index in [0.29, 0.717) is 12.2 Å². The number of benzene rings is 1. The van der Waals surface area contributed by atoms with Gasteiger partial charge in [-0.2, -0.15) is 5.10 Å². The third kappa shape index (κ3) is 4.09. The van der Waals surface area contributed by atoms with Crippen LogP contribution in [-0.2, 0) is 23.5 Å².